The predicted molar refractivity (Wildman–Crippen MR) is 84.8 cm³/mol. The van der Waals surface area contributed by atoms with Gasteiger partial charge in [0.2, 0.25) is 5.88 Å². The molecule has 0 atom stereocenters. The van der Waals surface area contributed by atoms with E-state index in [1.165, 1.54) is 5.57 Å². The fraction of sp³-hybridized carbons (Fsp3) is 0.294. The minimum Gasteiger partial charge on any atom is -0.481 e. The normalized spacial score (nSPS) is 11.5. The molecule has 3 nitrogen and oxygen atoms in total. The lowest BCUT2D eigenvalue weighted by atomic mass is 10.1. The van der Waals surface area contributed by atoms with E-state index in [0.717, 1.165) is 28.7 Å². The van der Waals surface area contributed by atoms with Gasteiger partial charge in [0.05, 0.1) is 18.3 Å². The summed E-state index contributed by atoms with van der Waals surface area (Å²) in [7, 11) is 1.63. The highest BCUT2D eigenvalue weighted by atomic mass is 16.5. The first-order valence-electron chi connectivity index (χ1n) is 6.78. The Bertz CT molecular complexity index is 668. The van der Waals surface area contributed by atoms with Gasteiger partial charge in [0.1, 0.15) is 0 Å². The lowest BCUT2D eigenvalue weighted by molar-refractivity contribution is 0.399. The Morgan fingerprint density at radius 1 is 1.25 bits per heavy atom. The number of aliphatic imine (C=N–C) groups is 1. The number of nitrogens with zero attached hydrogens (tertiary/aromatic N) is 2. The molecule has 104 valence electrons. The van der Waals surface area contributed by atoms with Crippen LogP contribution < -0.4 is 4.74 Å². The molecule has 0 fully saturated rings. The van der Waals surface area contributed by atoms with Gasteiger partial charge < -0.3 is 4.74 Å². The fourth-order valence-corrected chi connectivity index (χ4v) is 2.04. The van der Waals surface area contributed by atoms with Crippen molar-refractivity contribution in [3.05, 3.63) is 47.5 Å². The molecule has 20 heavy (non-hydrogen) atoms. The Hall–Kier alpha value is -2.16. The van der Waals surface area contributed by atoms with Crippen molar-refractivity contribution in [3.8, 4) is 5.88 Å². The number of ether oxygens (including phenoxy) is 1. The summed E-state index contributed by atoms with van der Waals surface area (Å²) < 4.78 is 5.18. The van der Waals surface area contributed by atoms with Crippen LogP contribution in [-0.2, 0) is 0 Å². The molecular weight excluding hydrogens is 248 g/mol. The van der Waals surface area contributed by atoms with Gasteiger partial charge >= 0.3 is 0 Å². The third-order valence-electron chi connectivity index (χ3n) is 2.93. The first-order chi connectivity index (χ1) is 9.63. The maximum atomic E-state index is 5.18. The van der Waals surface area contributed by atoms with Gasteiger partial charge in [-0.2, -0.15) is 0 Å². The summed E-state index contributed by atoms with van der Waals surface area (Å²) in [6.45, 7) is 6.96. The van der Waals surface area contributed by atoms with E-state index >= 15 is 0 Å². The average Bonchev–Trinajstić information content (AvgIpc) is 2.45. The third kappa shape index (κ3) is 3.23. The molecular formula is C17H20N2O. The highest BCUT2D eigenvalue weighted by Crippen LogP contribution is 2.19. The predicted octanol–water partition coefficient (Wildman–Crippen LogP) is 4.02. The van der Waals surface area contributed by atoms with Crippen molar-refractivity contribution in [2.45, 2.75) is 20.8 Å². The van der Waals surface area contributed by atoms with Gasteiger partial charge in [0.15, 0.2) is 0 Å². The fourth-order valence-electron chi connectivity index (χ4n) is 2.04. The van der Waals surface area contributed by atoms with Crippen LogP contribution in [0.2, 0.25) is 0 Å². The summed E-state index contributed by atoms with van der Waals surface area (Å²) in [4.78, 5) is 9.04. The van der Waals surface area contributed by atoms with Crippen LogP contribution >= 0.6 is 0 Å². The number of fused-ring (bicyclic) bond motifs is 1. The molecule has 0 unspecified atom stereocenters. The van der Waals surface area contributed by atoms with Crippen molar-refractivity contribution in [2.75, 3.05) is 13.7 Å². The summed E-state index contributed by atoms with van der Waals surface area (Å²) in [5.74, 6) is 0.630. The first kappa shape index (κ1) is 14.3. The molecule has 0 saturated carbocycles. The monoisotopic (exact) mass is 268 g/mol. The quantitative estimate of drug-likeness (QED) is 0.785. The smallest absolute Gasteiger partial charge is 0.213 e. The molecule has 2 aromatic rings. The summed E-state index contributed by atoms with van der Waals surface area (Å²) >= 11 is 0. The van der Waals surface area contributed by atoms with E-state index in [1.807, 2.05) is 19.1 Å². The van der Waals surface area contributed by atoms with E-state index < -0.39 is 0 Å². The average molecular weight is 268 g/mol. The molecule has 0 radical (unpaired) electrons. The van der Waals surface area contributed by atoms with Gasteiger partial charge in [-0.05, 0) is 39.0 Å². The standard InChI is InChI=1S/C17H20N2O/c1-5-18-15(10-12(2)3)14-7-6-13-8-9-17(20-4)19-16(13)11-14/h6-11H,5H2,1-4H3. The molecule has 1 heterocycles. The SMILES string of the molecule is CCN=C(C=C(C)C)c1ccc2ccc(OC)nc2c1. The minimum atomic E-state index is 0.630. The van der Waals surface area contributed by atoms with Crippen molar-refractivity contribution in [1.82, 2.24) is 4.98 Å². The number of benzene rings is 1. The van der Waals surface area contributed by atoms with Crippen LogP contribution in [0, 0.1) is 0 Å². The Morgan fingerprint density at radius 3 is 2.65 bits per heavy atom. The van der Waals surface area contributed by atoms with Gasteiger partial charge in [0.25, 0.3) is 0 Å². The van der Waals surface area contributed by atoms with Crippen LogP contribution in [0.3, 0.4) is 0 Å². The molecule has 0 spiro atoms. The Balaban J connectivity index is 2.53. The van der Waals surface area contributed by atoms with Gasteiger partial charge in [-0.3, -0.25) is 4.99 Å². The number of hydrogen-bond donors (Lipinski definition) is 0. The lowest BCUT2D eigenvalue weighted by Gasteiger charge is -2.06. The van der Waals surface area contributed by atoms with Crippen LogP contribution in [0.4, 0.5) is 0 Å². The second-order valence-electron chi connectivity index (χ2n) is 4.84. The van der Waals surface area contributed by atoms with E-state index in [1.54, 1.807) is 7.11 Å². The van der Waals surface area contributed by atoms with Gasteiger partial charge in [0, 0.05) is 23.6 Å². The molecule has 2 rings (SSSR count). The minimum absolute atomic E-state index is 0.630. The maximum Gasteiger partial charge on any atom is 0.213 e. The number of allylic oxidation sites excluding steroid dienone is 2. The number of hydrogen-bond acceptors (Lipinski definition) is 3. The van der Waals surface area contributed by atoms with Crippen LogP contribution in [0.15, 0.2) is 47.0 Å². The molecule has 0 aliphatic rings. The second-order valence-corrected chi connectivity index (χ2v) is 4.84. The van der Waals surface area contributed by atoms with Crippen molar-refractivity contribution < 1.29 is 4.74 Å². The van der Waals surface area contributed by atoms with E-state index in [0.29, 0.717) is 5.88 Å². The summed E-state index contributed by atoms with van der Waals surface area (Å²) in [6.07, 6.45) is 2.10. The van der Waals surface area contributed by atoms with Crippen LogP contribution in [-0.4, -0.2) is 24.4 Å². The molecule has 0 saturated heterocycles. The Morgan fingerprint density at radius 2 is 2.00 bits per heavy atom. The highest BCUT2D eigenvalue weighted by Gasteiger charge is 2.04. The van der Waals surface area contributed by atoms with E-state index in [9.17, 15) is 0 Å². The number of methoxy groups -OCH3 is 1. The molecule has 0 aliphatic heterocycles. The molecule has 0 N–H and O–H groups in total. The number of aromatic nitrogens is 1. The lowest BCUT2D eigenvalue weighted by Crippen LogP contribution is -1.99. The van der Waals surface area contributed by atoms with Gasteiger partial charge in [-0.25, -0.2) is 4.98 Å². The van der Waals surface area contributed by atoms with Crippen LogP contribution in [0.5, 0.6) is 5.88 Å². The summed E-state index contributed by atoms with van der Waals surface area (Å²) in [5, 5.41) is 1.10. The zero-order valence-corrected chi connectivity index (χ0v) is 12.5. The summed E-state index contributed by atoms with van der Waals surface area (Å²) in [5.41, 5.74) is 4.24. The van der Waals surface area contributed by atoms with E-state index in [4.69, 9.17) is 4.74 Å². The Kier molecular flexibility index (Phi) is 4.51. The summed E-state index contributed by atoms with van der Waals surface area (Å²) in [6, 6.07) is 10.1. The van der Waals surface area contributed by atoms with Crippen LogP contribution in [0.25, 0.3) is 10.9 Å². The molecule has 0 bridgehead atoms. The van der Waals surface area contributed by atoms with Crippen molar-refractivity contribution in [3.63, 3.8) is 0 Å². The van der Waals surface area contributed by atoms with Gasteiger partial charge in [-0.1, -0.05) is 17.7 Å². The zero-order chi connectivity index (χ0) is 14.5. The topological polar surface area (TPSA) is 34.5 Å². The van der Waals surface area contributed by atoms with Crippen molar-refractivity contribution in [2.24, 2.45) is 4.99 Å². The molecule has 3 heteroatoms. The van der Waals surface area contributed by atoms with Crippen molar-refractivity contribution >= 4 is 16.6 Å². The maximum absolute atomic E-state index is 5.18. The largest absolute Gasteiger partial charge is 0.481 e. The molecule has 0 amide bonds. The van der Waals surface area contributed by atoms with Crippen molar-refractivity contribution in [1.29, 1.82) is 0 Å². The Labute approximate surface area is 120 Å². The van der Waals surface area contributed by atoms with E-state index in [-0.39, 0.29) is 0 Å². The number of rotatable bonds is 4. The zero-order valence-electron chi connectivity index (χ0n) is 12.5. The first-order valence-corrected chi connectivity index (χ1v) is 6.78. The number of pyridine rings is 1. The molecule has 1 aromatic carbocycles. The van der Waals surface area contributed by atoms with E-state index in [2.05, 4.69) is 48.1 Å². The van der Waals surface area contributed by atoms with Gasteiger partial charge in [-0.15, -0.1) is 0 Å². The molecule has 0 aliphatic carbocycles. The second kappa shape index (κ2) is 6.33. The highest BCUT2D eigenvalue weighted by molar-refractivity contribution is 6.10. The van der Waals surface area contributed by atoms with Crippen LogP contribution in [0.1, 0.15) is 26.3 Å². The third-order valence-corrected chi connectivity index (χ3v) is 2.93. The molecule has 1 aromatic heterocycles.